The van der Waals surface area contributed by atoms with Gasteiger partial charge in [0.1, 0.15) is 11.3 Å². The maximum atomic E-state index is 11.6. The van der Waals surface area contributed by atoms with E-state index < -0.39 is 5.79 Å². The van der Waals surface area contributed by atoms with Gasteiger partial charge in [0.05, 0.1) is 0 Å². The summed E-state index contributed by atoms with van der Waals surface area (Å²) in [6.45, 7) is 3.43. The molecule has 1 aromatic carbocycles. The lowest BCUT2D eigenvalue weighted by Gasteiger charge is -2.31. The van der Waals surface area contributed by atoms with Crippen LogP contribution < -0.4 is 4.74 Å². The van der Waals surface area contributed by atoms with Crippen LogP contribution in [0.25, 0.3) is 0 Å². The maximum Gasteiger partial charge on any atom is 0.345 e. The zero-order chi connectivity index (χ0) is 11.1. The van der Waals surface area contributed by atoms with Gasteiger partial charge in [0, 0.05) is 24.1 Å². The summed E-state index contributed by atoms with van der Waals surface area (Å²) in [5, 5.41) is 0. The zero-order valence-electron chi connectivity index (χ0n) is 8.66. The second-order valence-electron chi connectivity index (χ2n) is 3.90. The van der Waals surface area contributed by atoms with E-state index in [1.807, 2.05) is 12.1 Å². The molecule has 0 unspecified atom stereocenters. The molecule has 1 aliphatic heterocycles. The van der Waals surface area contributed by atoms with Crippen molar-refractivity contribution < 1.29 is 14.3 Å². The zero-order valence-corrected chi connectivity index (χ0v) is 9.66. The Balaban J connectivity index is 2.46. The van der Waals surface area contributed by atoms with Crippen molar-refractivity contribution in [2.24, 2.45) is 0 Å². The number of carbonyl (C=O) groups is 1. The Bertz CT molecular complexity index is 412. The fraction of sp³-hybridized carbons (Fsp3) is 0.364. The molecule has 3 radical (unpaired) electrons. The van der Waals surface area contributed by atoms with Gasteiger partial charge in [-0.2, -0.15) is 0 Å². The van der Waals surface area contributed by atoms with Crippen LogP contribution >= 0.6 is 0 Å². The molecule has 0 atom stereocenters. The van der Waals surface area contributed by atoms with Gasteiger partial charge in [0.2, 0.25) is 5.79 Å². The maximum absolute atomic E-state index is 11.6. The summed E-state index contributed by atoms with van der Waals surface area (Å²) in [5.41, 5.74) is 1.55. The van der Waals surface area contributed by atoms with E-state index >= 15 is 0 Å². The number of esters is 1. The molecule has 0 fully saturated rings. The Labute approximate surface area is 91.8 Å². The molecule has 0 amide bonds. The minimum atomic E-state index is -0.881. The lowest BCUT2D eigenvalue weighted by molar-refractivity contribution is -0.127. The Hall–Kier alpha value is -1.29. The summed E-state index contributed by atoms with van der Waals surface area (Å²) in [6.07, 6.45) is 0. The van der Waals surface area contributed by atoms with E-state index in [9.17, 15) is 4.79 Å². The summed E-state index contributed by atoms with van der Waals surface area (Å²) in [5.74, 6) is -0.622. The van der Waals surface area contributed by atoms with Crippen molar-refractivity contribution >= 4 is 16.2 Å². The first-order valence-corrected chi connectivity index (χ1v) is 5.42. The number of hydrogen-bond acceptors (Lipinski definition) is 3. The van der Waals surface area contributed by atoms with Crippen LogP contribution in [0.2, 0.25) is 0 Å². The number of hydrogen-bond donors (Lipinski definition) is 0. The van der Waals surface area contributed by atoms with Gasteiger partial charge in [-0.1, -0.05) is 6.07 Å². The Morgan fingerprint density at radius 2 is 2.07 bits per heavy atom. The van der Waals surface area contributed by atoms with Crippen molar-refractivity contribution in [2.75, 3.05) is 0 Å². The third-order valence-corrected chi connectivity index (χ3v) is 2.57. The summed E-state index contributed by atoms with van der Waals surface area (Å²) < 4.78 is 10.7. The van der Waals surface area contributed by atoms with Crippen LogP contribution in [0.4, 0.5) is 0 Å². The third kappa shape index (κ3) is 1.90. The van der Waals surface area contributed by atoms with Gasteiger partial charge in [-0.05, 0) is 23.7 Å². The van der Waals surface area contributed by atoms with Gasteiger partial charge >= 0.3 is 5.97 Å². The molecule has 4 heteroatoms. The second kappa shape index (κ2) is 3.38. The van der Waals surface area contributed by atoms with E-state index in [4.69, 9.17) is 9.47 Å². The normalized spacial score (nSPS) is 17.7. The van der Waals surface area contributed by atoms with E-state index in [2.05, 4.69) is 10.2 Å². The average molecular weight is 219 g/mol. The van der Waals surface area contributed by atoms with Crippen LogP contribution in [-0.4, -0.2) is 22.0 Å². The smallest absolute Gasteiger partial charge is 0.345 e. The highest BCUT2D eigenvalue weighted by Gasteiger charge is 2.33. The Kier molecular flexibility index (Phi) is 2.30. The van der Waals surface area contributed by atoms with Crippen molar-refractivity contribution in [3.8, 4) is 5.75 Å². The van der Waals surface area contributed by atoms with E-state index in [0.717, 1.165) is 11.6 Å². The first-order chi connectivity index (χ1) is 7.02. The number of cyclic esters (lactones) is 1. The van der Waals surface area contributed by atoms with Crippen LogP contribution in [0.3, 0.4) is 0 Å². The molecule has 0 aromatic heterocycles. The van der Waals surface area contributed by atoms with Gasteiger partial charge in [0.15, 0.2) is 0 Å². The fourth-order valence-electron chi connectivity index (χ4n) is 1.49. The number of benzene rings is 1. The summed E-state index contributed by atoms with van der Waals surface area (Å²) in [4.78, 5) is 11.6. The molecule has 0 N–H and O–H groups in total. The van der Waals surface area contributed by atoms with E-state index in [1.54, 1.807) is 19.9 Å². The van der Waals surface area contributed by atoms with Crippen molar-refractivity contribution in [2.45, 2.75) is 25.7 Å². The summed E-state index contributed by atoms with van der Waals surface area (Å²) in [6, 6.07) is 6.17. The predicted octanol–water partition coefficient (Wildman–Crippen LogP) is 1.64. The highest BCUT2D eigenvalue weighted by atomic mass is 28.1. The summed E-state index contributed by atoms with van der Waals surface area (Å²) in [7, 11) is 3.41. The highest BCUT2D eigenvalue weighted by molar-refractivity contribution is 6.08. The van der Waals surface area contributed by atoms with Crippen molar-refractivity contribution in [3.63, 3.8) is 0 Å². The summed E-state index contributed by atoms with van der Waals surface area (Å²) >= 11 is 0. The molecule has 1 aliphatic rings. The SMILES string of the molecule is CC1(C)OC(=O)c2ccc(C[Si])cc2O1. The van der Waals surface area contributed by atoms with Gasteiger partial charge in [0.25, 0.3) is 0 Å². The number of fused-ring (bicyclic) bond motifs is 1. The molecular formula is C11H11O3Si. The molecular weight excluding hydrogens is 208 g/mol. The topological polar surface area (TPSA) is 35.5 Å². The molecule has 15 heavy (non-hydrogen) atoms. The quantitative estimate of drug-likeness (QED) is 0.532. The average Bonchev–Trinajstić information content (AvgIpc) is 2.14. The van der Waals surface area contributed by atoms with Crippen LogP contribution in [-0.2, 0) is 10.8 Å². The lowest BCUT2D eigenvalue weighted by atomic mass is 10.1. The number of rotatable bonds is 1. The molecule has 0 spiro atoms. The fourth-order valence-corrected chi connectivity index (χ4v) is 1.71. The van der Waals surface area contributed by atoms with Crippen LogP contribution in [0.1, 0.15) is 29.8 Å². The number of carbonyl (C=O) groups excluding carboxylic acids is 1. The highest BCUT2D eigenvalue weighted by Crippen LogP contribution is 2.31. The largest absolute Gasteiger partial charge is 0.452 e. The molecule has 0 saturated heterocycles. The monoisotopic (exact) mass is 219 g/mol. The number of ether oxygens (including phenoxy) is 2. The first kappa shape index (κ1) is 10.2. The molecule has 1 aromatic rings. The van der Waals surface area contributed by atoms with E-state index in [-0.39, 0.29) is 5.97 Å². The molecule has 3 nitrogen and oxygen atoms in total. The minimum Gasteiger partial charge on any atom is -0.452 e. The Morgan fingerprint density at radius 3 is 2.73 bits per heavy atom. The molecule has 0 aliphatic carbocycles. The first-order valence-electron chi connectivity index (χ1n) is 4.72. The van der Waals surface area contributed by atoms with Gasteiger partial charge in [-0.3, -0.25) is 0 Å². The van der Waals surface area contributed by atoms with E-state index in [1.165, 1.54) is 0 Å². The van der Waals surface area contributed by atoms with Gasteiger partial charge < -0.3 is 9.47 Å². The van der Waals surface area contributed by atoms with E-state index in [0.29, 0.717) is 11.3 Å². The molecule has 0 saturated carbocycles. The predicted molar refractivity (Wildman–Crippen MR) is 56.0 cm³/mol. The molecule has 2 rings (SSSR count). The van der Waals surface area contributed by atoms with Crippen molar-refractivity contribution in [1.82, 2.24) is 0 Å². The molecule has 0 bridgehead atoms. The minimum absolute atomic E-state index is 0.332. The lowest BCUT2D eigenvalue weighted by Crippen LogP contribution is -2.38. The van der Waals surface area contributed by atoms with Crippen LogP contribution in [0.15, 0.2) is 18.2 Å². The van der Waals surface area contributed by atoms with Crippen LogP contribution in [0, 0.1) is 0 Å². The second-order valence-corrected chi connectivity index (χ2v) is 4.25. The van der Waals surface area contributed by atoms with Crippen molar-refractivity contribution in [1.29, 1.82) is 0 Å². The van der Waals surface area contributed by atoms with Crippen LogP contribution in [0.5, 0.6) is 5.75 Å². The van der Waals surface area contributed by atoms with Gasteiger partial charge in [-0.25, -0.2) is 4.79 Å². The van der Waals surface area contributed by atoms with Crippen molar-refractivity contribution in [3.05, 3.63) is 29.3 Å². The Morgan fingerprint density at radius 1 is 1.33 bits per heavy atom. The standard InChI is InChI=1S/C11H11O3Si/c1-11(2)13-9-5-7(6-15)3-4-8(9)10(12)14-11/h3-5H,6H2,1-2H3. The molecule has 1 heterocycles. The van der Waals surface area contributed by atoms with Gasteiger partial charge in [-0.15, -0.1) is 0 Å². The third-order valence-electron chi connectivity index (χ3n) is 2.16. The molecule has 77 valence electrons.